The molecule has 1 amide bonds. The molecule has 4 saturated carbocycles. The number of fused-ring (bicyclic) bond motifs is 1. The number of nitrogens with zero attached hydrogens (tertiary/aromatic N) is 2. The fraction of sp³-hybridized carbons (Fsp3) is 0.636. The lowest BCUT2D eigenvalue weighted by molar-refractivity contribution is -0.129. The van der Waals surface area contributed by atoms with Crippen LogP contribution in [0.4, 0.5) is 5.69 Å². The first-order valence-corrected chi connectivity index (χ1v) is 10.4. The first kappa shape index (κ1) is 18.0. The van der Waals surface area contributed by atoms with Crippen LogP contribution in [0.15, 0.2) is 18.5 Å². The van der Waals surface area contributed by atoms with Crippen molar-refractivity contribution in [3.63, 3.8) is 0 Å². The van der Waals surface area contributed by atoms with Gasteiger partial charge in [0.2, 0.25) is 0 Å². The number of aromatic nitrogens is 2. The average molecular weight is 383 g/mol. The molecule has 4 bridgehead atoms. The van der Waals surface area contributed by atoms with E-state index in [2.05, 4.69) is 35.6 Å². The third-order valence-corrected chi connectivity index (χ3v) is 7.25. The van der Waals surface area contributed by atoms with Gasteiger partial charge in [0.1, 0.15) is 5.65 Å². The Labute approximate surface area is 165 Å². The van der Waals surface area contributed by atoms with Crippen molar-refractivity contribution in [2.45, 2.75) is 70.1 Å². The van der Waals surface area contributed by atoms with Gasteiger partial charge < -0.3 is 20.7 Å². The van der Waals surface area contributed by atoms with Crippen LogP contribution in [0.1, 0.15) is 63.2 Å². The van der Waals surface area contributed by atoms with E-state index in [1.54, 1.807) is 6.20 Å². The molecule has 6 rings (SSSR count). The van der Waals surface area contributed by atoms with Gasteiger partial charge in [0.15, 0.2) is 0 Å². The molecule has 4 fully saturated rings. The van der Waals surface area contributed by atoms with Crippen molar-refractivity contribution in [1.82, 2.24) is 9.55 Å². The highest BCUT2D eigenvalue weighted by Crippen LogP contribution is 2.56. The Balaban J connectivity index is 1.57. The van der Waals surface area contributed by atoms with Crippen LogP contribution in [0.5, 0.6) is 0 Å². The van der Waals surface area contributed by atoms with E-state index < -0.39 is 11.5 Å². The van der Waals surface area contributed by atoms with E-state index in [1.165, 1.54) is 12.8 Å². The molecule has 2 unspecified atom stereocenters. The first-order valence-electron chi connectivity index (χ1n) is 10.4. The van der Waals surface area contributed by atoms with E-state index in [1.807, 2.05) is 12.3 Å². The number of hydrogen-bond acceptors (Lipinski definition) is 4. The molecule has 0 saturated heterocycles. The zero-order valence-corrected chi connectivity index (χ0v) is 16.9. The molecular formula is C22H30N4O2. The fourth-order valence-corrected chi connectivity index (χ4v) is 6.35. The van der Waals surface area contributed by atoms with Crippen LogP contribution in [0, 0.1) is 17.8 Å². The third-order valence-electron chi connectivity index (χ3n) is 7.25. The van der Waals surface area contributed by atoms with Crippen LogP contribution in [-0.4, -0.2) is 32.2 Å². The monoisotopic (exact) mass is 382 g/mol. The number of primary amides is 1. The van der Waals surface area contributed by atoms with Crippen molar-refractivity contribution in [3.8, 4) is 0 Å². The molecule has 4 aliphatic carbocycles. The molecule has 0 aliphatic heterocycles. The van der Waals surface area contributed by atoms with Crippen molar-refractivity contribution < 1.29 is 9.90 Å². The van der Waals surface area contributed by atoms with Crippen LogP contribution < -0.4 is 11.1 Å². The van der Waals surface area contributed by atoms with Crippen molar-refractivity contribution in [3.05, 3.63) is 24.0 Å². The Morgan fingerprint density at radius 3 is 2.54 bits per heavy atom. The second-order valence-electron chi connectivity index (χ2n) is 10.4. The molecule has 5 atom stereocenters. The zero-order chi connectivity index (χ0) is 19.8. The van der Waals surface area contributed by atoms with E-state index in [4.69, 9.17) is 5.73 Å². The van der Waals surface area contributed by atoms with Crippen LogP contribution in [0.2, 0.25) is 0 Å². The summed E-state index contributed by atoms with van der Waals surface area (Å²) >= 11 is 0. The zero-order valence-electron chi connectivity index (χ0n) is 16.9. The summed E-state index contributed by atoms with van der Waals surface area (Å²) in [5.41, 5.74) is 7.25. The highest BCUT2D eigenvalue weighted by Gasteiger charge is 2.54. The summed E-state index contributed by atoms with van der Waals surface area (Å²) in [6.07, 6.45) is 8.67. The highest BCUT2D eigenvalue weighted by atomic mass is 16.3. The largest absolute Gasteiger partial charge is 0.390 e. The number of nitrogens with two attached hydrogens (primary N) is 1. The van der Waals surface area contributed by atoms with Crippen LogP contribution in [0.3, 0.4) is 0 Å². The van der Waals surface area contributed by atoms with Crippen LogP contribution in [0.25, 0.3) is 11.0 Å². The summed E-state index contributed by atoms with van der Waals surface area (Å²) in [5.74, 6) is 1.09. The Bertz CT molecular complexity index is 941. The van der Waals surface area contributed by atoms with Crippen LogP contribution in [-0.2, 0) is 5.54 Å². The van der Waals surface area contributed by atoms with Gasteiger partial charge in [0.05, 0.1) is 16.9 Å². The molecule has 0 radical (unpaired) electrons. The molecule has 0 spiro atoms. The molecule has 6 nitrogen and oxygen atoms in total. The Kier molecular flexibility index (Phi) is 3.67. The second kappa shape index (κ2) is 5.72. The number of pyridine rings is 1. The second-order valence-corrected chi connectivity index (χ2v) is 10.4. The van der Waals surface area contributed by atoms with E-state index in [0.29, 0.717) is 23.3 Å². The predicted molar refractivity (Wildman–Crippen MR) is 109 cm³/mol. The third kappa shape index (κ3) is 2.65. The summed E-state index contributed by atoms with van der Waals surface area (Å²) in [6.45, 7) is 6.42. The standard InChI is InChI=1S/C22H30N4O2/c1-21(2,3)26-5-4-15-18(16(19(23)27)11-24-20(15)26)25-17-13-6-12-7-14(17)10-22(28,8-12)9-13/h4-5,11-14,17,28H,6-10H2,1-3H3,(H2,23,27)(H,24,25)/t12-,13-,14?,17?,22+/m1/s1. The summed E-state index contributed by atoms with van der Waals surface area (Å²) in [7, 11) is 0. The number of amides is 1. The van der Waals surface area contributed by atoms with Gasteiger partial charge in [-0.3, -0.25) is 4.79 Å². The van der Waals surface area contributed by atoms with E-state index >= 15 is 0 Å². The molecule has 2 aromatic rings. The lowest BCUT2D eigenvalue weighted by atomic mass is 9.52. The number of rotatable bonds is 3. The molecule has 28 heavy (non-hydrogen) atoms. The Morgan fingerprint density at radius 2 is 1.96 bits per heavy atom. The topological polar surface area (TPSA) is 93.2 Å². The van der Waals surface area contributed by atoms with Gasteiger partial charge >= 0.3 is 0 Å². The average Bonchev–Trinajstić information content (AvgIpc) is 3.01. The number of carbonyl (C=O) groups is 1. The van der Waals surface area contributed by atoms with Gasteiger partial charge in [0, 0.05) is 29.4 Å². The lowest BCUT2D eigenvalue weighted by Crippen LogP contribution is -2.59. The van der Waals surface area contributed by atoms with Gasteiger partial charge in [-0.15, -0.1) is 0 Å². The normalized spacial score (nSPS) is 34.1. The minimum absolute atomic E-state index is 0.105. The summed E-state index contributed by atoms with van der Waals surface area (Å²) in [4.78, 5) is 16.7. The molecule has 0 aromatic carbocycles. The highest BCUT2D eigenvalue weighted by molar-refractivity contribution is 6.06. The van der Waals surface area contributed by atoms with Crippen molar-refractivity contribution in [2.75, 3.05) is 5.32 Å². The van der Waals surface area contributed by atoms with E-state index in [0.717, 1.165) is 36.0 Å². The Morgan fingerprint density at radius 1 is 1.29 bits per heavy atom. The lowest BCUT2D eigenvalue weighted by Gasteiger charge is -2.58. The van der Waals surface area contributed by atoms with Crippen molar-refractivity contribution in [1.29, 1.82) is 0 Å². The maximum atomic E-state index is 12.2. The maximum absolute atomic E-state index is 12.2. The first-order chi connectivity index (χ1) is 13.1. The van der Waals surface area contributed by atoms with Gasteiger partial charge in [-0.05, 0) is 76.7 Å². The molecule has 4 aliphatic rings. The summed E-state index contributed by atoms with van der Waals surface area (Å²) in [5, 5.41) is 15.6. The van der Waals surface area contributed by atoms with E-state index in [9.17, 15) is 9.90 Å². The van der Waals surface area contributed by atoms with Crippen molar-refractivity contribution >= 4 is 22.6 Å². The number of anilines is 1. The van der Waals surface area contributed by atoms with Gasteiger partial charge in [-0.1, -0.05) is 0 Å². The number of hydrogen-bond donors (Lipinski definition) is 3. The summed E-state index contributed by atoms with van der Waals surface area (Å²) < 4.78 is 2.14. The molecule has 2 aromatic heterocycles. The van der Waals surface area contributed by atoms with Gasteiger partial charge in [0.25, 0.3) is 5.91 Å². The SMILES string of the molecule is CC(C)(C)n1ccc2c(NC3C4C[C@H]5C[C@@H]3C[C@](O)(C4)C5)c(C(N)=O)cnc21. The maximum Gasteiger partial charge on any atom is 0.252 e. The van der Waals surface area contributed by atoms with Gasteiger partial charge in [-0.25, -0.2) is 4.98 Å². The van der Waals surface area contributed by atoms with E-state index in [-0.39, 0.29) is 11.6 Å². The van der Waals surface area contributed by atoms with Gasteiger partial charge in [-0.2, -0.15) is 0 Å². The smallest absolute Gasteiger partial charge is 0.252 e. The molecular weight excluding hydrogens is 352 g/mol. The summed E-state index contributed by atoms with van der Waals surface area (Å²) in [6, 6.07) is 2.31. The quantitative estimate of drug-likeness (QED) is 0.760. The van der Waals surface area contributed by atoms with Crippen LogP contribution >= 0.6 is 0 Å². The fourth-order valence-electron chi connectivity index (χ4n) is 6.35. The minimum Gasteiger partial charge on any atom is -0.390 e. The number of aliphatic hydroxyl groups is 1. The number of nitrogens with one attached hydrogen (secondary N) is 1. The molecule has 150 valence electrons. The number of carbonyl (C=O) groups excluding carboxylic acids is 1. The molecule has 4 N–H and O–H groups in total. The molecule has 2 heterocycles. The predicted octanol–water partition coefficient (Wildman–Crippen LogP) is 3.24. The minimum atomic E-state index is -0.468. The Hall–Kier alpha value is -2.08. The molecule has 6 heteroatoms. The van der Waals surface area contributed by atoms with Crippen molar-refractivity contribution in [2.24, 2.45) is 23.5 Å².